The molecule has 0 fully saturated rings. The molecule has 0 radical (unpaired) electrons. The maximum atomic E-state index is 12.5. The Morgan fingerprint density at radius 3 is 2.26 bits per heavy atom. The molecule has 130 valence electrons. The van der Waals surface area contributed by atoms with Crippen LogP contribution < -0.4 is 14.2 Å². The molecule has 2 N–H and O–H groups in total. The molecule has 0 saturated heterocycles. The zero-order valence-electron chi connectivity index (χ0n) is 13.3. The minimum absolute atomic E-state index is 0.000140. The Bertz CT molecular complexity index is 674. The molecule has 9 heteroatoms. The second-order valence-corrected chi connectivity index (χ2v) is 7.37. The molecule has 0 unspecified atom stereocenters. The van der Waals surface area contributed by atoms with Gasteiger partial charge >= 0.3 is 5.97 Å². The van der Waals surface area contributed by atoms with Gasteiger partial charge in [0.1, 0.15) is 22.4 Å². The Labute approximate surface area is 140 Å². The van der Waals surface area contributed by atoms with Gasteiger partial charge < -0.3 is 14.6 Å². The predicted octanol–water partition coefficient (Wildman–Crippen LogP) is 2.13. The van der Waals surface area contributed by atoms with Crippen LogP contribution in [-0.2, 0) is 14.8 Å². The number of methoxy groups -OCH3 is 2. The Hall–Kier alpha value is -1.51. The molecule has 23 heavy (non-hydrogen) atoms. The number of rotatable bonds is 8. The summed E-state index contributed by atoms with van der Waals surface area (Å²) in [7, 11) is -1.45. The van der Waals surface area contributed by atoms with Gasteiger partial charge in [-0.25, -0.2) is 8.42 Å². The first-order chi connectivity index (χ1) is 10.6. The number of benzene rings is 1. The van der Waals surface area contributed by atoms with Gasteiger partial charge in [0.05, 0.1) is 19.2 Å². The van der Waals surface area contributed by atoms with E-state index in [1.165, 1.54) is 20.3 Å². The third kappa shape index (κ3) is 4.98. The highest BCUT2D eigenvalue weighted by molar-refractivity contribution is 7.89. The lowest BCUT2D eigenvalue weighted by Crippen LogP contribution is -2.41. The van der Waals surface area contributed by atoms with Crippen LogP contribution in [0, 0.1) is 5.92 Å². The molecule has 0 spiro atoms. The predicted molar refractivity (Wildman–Crippen MR) is 85.8 cm³/mol. The second kappa shape index (κ2) is 7.85. The Morgan fingerprint density at radius 2 is 1.83 bits per heavy atom. The minimum Gasteiger partial charge on any atom is -0.495 e. The van der Waals surface area contributed by atoms with Crippen molar-refractivity contribution in [2.75, 3.05) is 14.2 Å². The van der Waals surface area contributed by atoms with Crippen LogP contribution in [-0.4, -0.2) is 39.8 Å². The number of ether oxygens (including phenoxy) is 2. The number of aliphatic carboxylic acids is 1. The van der Waals surface area contributed by atoms with Crippen molar-refractivity contribution >= 4 is 27.6 Å². The first-order valence-corrected chi connectivity index (χ1v) is 8.65. The number of nitrogens with one attached hydrogen (secondary N) is 1. The monoisotopic (exact) mass is 365 g/mol. The molecule has 1 atom stereocenters. The molecule has 0 aliphatic carbocycles. The lowest BCUT2D eigenvalue weighted by atomic mass is 10.1. The zero-order chi connectivity index (χ0) is 17.8. The van der Waals surface area contributed by atoms with E-state index in [1.807, 2.05) is 0 Å². The van der Waals surface area contributed by atoms with Crippen molar-refractivity contribution in [3.63, 3.8) is 0 Å². The molecule has 1 aromatic rings. The summed E-state index contributed by atoms with van der Waals surface area (Å²) in [6.45, 7) is 3.60. The number of carboxylic acid groups (broad SMARTS) is 1. The van der Waals surface area contributed by atoms with Gasteiger partial charge in [0.25, 0.3) is 0 Å². The van der Waals surface area contributed by atoms with Gasteiger partial charge in [-0.15, -0.1) is 0 Å². The van der Waals surface area contributed by atoms with E-state index in [-0.39, 0.29) is 33.8 Å². The number of carbonyl (C=O) groups is 1. The standard InChI is InChI=1S/C14H20ClNO6S/c1-8(2)5-10(14(17)18)16-23(19,20)13-6-9(15)11(21-3)7-12(13)22-4/h6-8,10,16H,5H2,1-4H3,(H,17,18)/t10-/m1/s1. The Morgan fingerprint density at radius 1 is 1.26 bits per heavy atom. The minimum atomic E-state index is -4.14. The van der Waals surface area contributed by atoms with Crippen molar-refractivity contribution in [3.05, 3.63) is 17.2 Å². The summed E-state index contributed by atoms with van der Waals surface area (Å²) in [5.41, 5.74) is 0. The zero-order valence-corrected chi connectivity index (χ0v) is 14.9. The molecular weight excluding hydrogens is 346 g/mol. The van der Waals surface area contributed by atoms with Crippen molar-refractivity contribution < 1.29 is 27.8 Å². The van der Waals surface area contributed by atoms with Crippen LogP contribution in [0.4, 0.5) is 0 Å². The molecule has 7 nitrogen and oxygen atoms in total. The third-order valence-corrected chi connectivity index (χ3v) is 4.82. The molecule has 0 aromatic heterocycles. The molecule has 0 aliphatic rings. The molecule has 0 bridgehead atoms. The van der Waals surface area contributed by atoms with Crippen molar-refractivity contribution in [1.82, 2.24) is 4.72 Å². The van der Waals surface area contributed by atoms with Crippen molar-refractivity contribution in [2.45, 2.75) is 31.2 Å². The van der Waals surface area contributed by atoms with Crippen LogP contribution in [0.3, 0.4) is 0 Å². The summed E-state index contributed by atoms with van der Waals surface area (Å²) >= 11 is 5.96. The van der Waals surface area contributed by atoms with Gasteiger partial charge in [-0.1, -0.05) is 25.4 Å². The molecule has 0 heterocycles. The van der Waals surface area contributed by atoms with E-state index < -0.39 is 22.0 Å². The number of sulfonamides is 1. The maximum Gasteiger partial charge on any atom is 0.321 e. The first kappa shape index (κ1) is 19.5. The number of carboxylic acids is 1. The van der Waals surface area contributed by atoms with Crippen LogP contribution in [0.15, 0.2) is 17.0 Å². The van der Waals surface area contributed by atoms with Crippen LogP contribution in [0.5, 0.6) is 11.5 Å². The van der Waals surface area contributed by atoms with E-state index in [0.717, 1.165) is 6.07 Å². The highest BCUT2D eigenvalue weighted by Gasteiger charge is 2.29. The molecule has 0 amide bonds. The van der Waals surface area contributed by atoms with Gasteiger partial charge in [-0.2, -0.15) is 4.72 Å². The Balaban J connectivity index is 3.26. The quantitative estimate of drug-likeness (QED) is 0.731. The summed E-state index contributed by atoms with van der Waals surface area (Å²) < 4.78 is 37.2. The van der Waals surface area contributed by atoms with Gasteiger partial charge in [0.15, 0.2) is 0 Å². The topological polar surface area (TPSA) is 102 Å². The van der Waals surface area contributed by atoms with Crippen LogP contribution >= 0.6 is 11.6 Å². The van der Waals surface area contributed by atoms with E-state index in [0.29, 0.717) is 0 Å². The average molecular weight is 366 g/mol. The largest absolute Gasteiger partial charge is 0.495 e. The normalized spacial score (nSPS) is 13.0. The van der Waals surface area contributed by atoms with E-state index in [9.17, 15) is 18.3 Å². The average Bonchev–Trinajstić information content (AvgIpc) is 2.45. The molecule has 0 saturated carbocycles. The number of hydrogen-bond acceptors (Lipinski definition) is 5. The highest BCUT2D eigenvalue weighted by Crippen LogP contribution is 2.35. The fourth-order valence-corrected chi connectivity index (χ4v) is 3.65. The van der Waals surface area contributed by atoms with Gasteiger partial charge in [0, 0.05) is 6.07 Å². The van der Waals surface area contributed by atoms with Crippen LogP contribution in [0.25, 0.3) is 0 Å². The summed E-state index contributed by atoms with van der Waals surface area (Å²) in [5.74, 6) is -0.993. The smallest absolute Gasteiger partial charge is 0.321 e. The SMILES string of the molecule is COc1cc(OC)c(S(=O)(=O)N[C@H](CC(C)C)C(=O)O)cc1Cl. The van der Waals surface area contributed by atoms with Crippen molar-refractivity contribution in [2.24, 2.45) is 5.92 Å². The van der Waals surface area contributed by atoms with Crippen molar-refractivity contribution in [1.29, 1.82) is 0 Å². The van der Waals surface area contributed by atoms with Gasteiger partial charge in [0.2, 0.25) is 10.0 Å². The fraction of sp³-hybridized carbons (Fsp3) is 0.500. The van der Waals surface area contributed by atoms with Gasteiger partial charge in [-0.3, -0.25) is 4.79 Å². The third-order valence-electron chi connectivity index (χ3n) is 3.03. The van der Waals surface area contributed by atoms with Crippen LogP contribution in [0.2, 0.25) is 5.02 Å². The van der Waals surface area contributed by atoms with Crippen LogP contribution in [0.1, 0.15) is 20.3 Å². The molecule has 1 aromatic carbocycles. The Kier molecular flexibility index (Phi) is 6.67. The molecule has 1 rings (SSSR count). The summed E-state index contributed by atoms with van der Waals surface area (Å²) in [6, 6.07) is 1.25. The van der Waals surface area contributed by atoms with E-state index >= 15 is 0 Å². The second-order valence-electron chi connectivity index (χ2n) is 5.28. The first-order valence-electron chi connectivity index (χ1n) is 6.79. The molecular formula is C14H20ClNO6S. The maximum absolute atomic E-state index is 12.5. The summed E-state index contributed by atoms with van der Waals surface area (Å²) in [4.78, 5) is 11.0. The highest BCUT2D eigenvalue weighted by atomic mass is 35.5. The van der Waals surface area contributed by atoms with E-state index in [2.05, 4.69) is 4.72 Å². The molecule has 0 aliphatic heterocycles. The van der Waals surface area contributed by atoms with E-state index in [1.54, 1.807) is 13.8 Å². The van der Waals surface area contributed by atoms with E-state index in [4.69, 9.17) is 21.1 Å². The summed E-state index contributed by atoms with van der Waals surface area (Å²) in [6.07, 6.45) is 0.154. The number of hydrogen-bond donors (Lipinski definition) is 2. The fourth-order valence-electron chi connectivity index (χ4n) is 1.96. The number of halogens is 1. The van der Waals surface area contributed by atoms with Gasteiger partial charge in [-0.05, 0) is 18.4 Å². The lowest BCUT2D eigenvalue weighted by Gasteiger charge is -2.18. The lowest BCUT2D eigenvalue weighted by molar-refractivity contribution is -0.139. The summed E-state index contributed by atoms with van der Waals surface area (Å²) in [5, 5.41) is 9.26. The van der Waals surface area contributed by atoms with Crippen molar-refractivity contribution in [3.8, 4) is 11.5 Å².